The van der Waals surface area contributed by atoms with Crippen LogP contribution in [0.3, 0.4) is 0 Å². The summed E-state index contributed by atoms with van der Waals surface area (Å²) in [7, 11) is 0. The van der Waals surface area contributed by atoms with Crippen molar-refractivity contribution in [2.75, 3.05) is 0 Å². The van der Waals surface area contributed by atoms with Crippen LogP contribution in [0.25, 0.3) is 42.8 Å². The summed E-state index contributed by atoms with van der Waals surface area (Å²) >= 11 is 1.80. The second-order valence-corrected chi connectivity index (χ2v) is 6.85. The molecule has 0 N–H and O–H groups in total. The second-order valence-electron chi connectivity index (χ2n) is 5.90. The van der Waals surface area contributed by atoms with Gasteiger partial charge < -0.3 is 0 Å². The maximum absolute atomic E-state index is 2.32. The molecule has 0 aliphatic rings. The first-order valence-corrected chi connectivity index (χ1v) is 8.66. The SMILES string of the molecule is c1ccc2cc3c(-c4ccc5sccc5c4)cccc3cc2c1. The van der Waals surface area contributed by atoms with Crippen LogP contribution in [0, 0.1) is 0 Å². The van der Waals surface area contributed by atoms with Gasteiger partial charge in [-0.15, -0.1) is 11.3 Å². The fraction of sp³-hybridized carbons (Fsp3) is 0. The van der Waals surface area contributed by atoms with Crippen LogP contribution in [0.5, 0.6) is 0 Å². The van der Waals surface area contributed by atoms with Gasteiger partial charge in [-0.3, -0.25) is 0 Å². The molecule has 0 aliphatic heterocycles. The highest BCUT2D eigenvalue weighted by Crippen LogP contribution is 2.34. The van der Waals surface area contributed by atoms with Gasteiger partial charge in [-0.1, -0.05) is 48.5 Å². The quantitative estimate of drug-likeness (QED) is 0.296. The maximum Gasteiger partial charge on any atom is 0.0343 e. The standard InChI is InChI=1S/C22H14S/c1-2-5-16-14-21-17(12-15(16)4-1)6-3-7-20(21)18-8-9-22-19(13-18)10-11-23-22/h1-14H. The molecule has 0 atom stereocenters. The number of thiophene rings is 1. The topological polar surface area (TPSA) is 0 Å². The van der Waals surface area contributed by atoms with E-state index in [9.17, 15) is 0 Å². The van der Waals surface area contributed by atoms with E-state index in [1.54, 1.807) is 11.3 Å². The Balaban J connectivity index is 1.84. The van der Waals surface area contributed by atoms with Crippen molar-refractivity contribution in [1.82, 2.24) is 0 Å². The molecule has 5 rings (SSSR count). The van der Waals surface area contributed by atoms with Crippen molar-refractivity contribution in [2.45, 2.75) is 0 Å². The van der Waals surface area contributed by atoms with Crippen LogP contribution in [0.1, 0.15) is 0 Å². The fourth-order valence-corrected chi connectivity index (χ4v) is 4.12. The van der Waals surface area contributed by atoms with E-state index in [0.717, 1.165) is 0 Å². The van der Waals surface area contributed by atoms with Gasteiger partial charge in [0.05, 0.1) is 0 Å². The minimum absolute atomic E-state index is 1.29. The first kappa shape index (κ1) is 12.9. The summed E-state index contributed by atoms with van der Waals surface area (Å²) in [5, 5.41) is 8.69. The molecule has 0 unspecified atom stereocenters. The third-order valence-electron chi connectivity index (χ3n) is 4.51. The van der Waals surface area contributed by atoms with Crippen LogP contribution in [-0.2, 0) is 0 Å². The molecular weight excluding hydrogens is 296 g/mol. The molecule has 108 valence electrons. The summed E-state index contributed by atoms with van der Waals surface area (Å²) in [5.74, 6) is 0. The van der Waals surface area contributed by atoms with Crippen LogP contribution >= 0.6 is 11.3 Å². The molecule has 0 aliphatic carbocycles. The fourth-order valence-electron chi connectivity index (χ4n) is 3.35. The van der Waals surface area contributed by atoms with Crippen LogP contribution in [-0.4, -0.2) is 0 Å². The Morgan fingerprint density at radius 2 is 1.39 bits per heavy atom. The predicted octanol–water partition coefficient (Wildman–Crippen LogP) is 6.87. The van der Waals surface area contributed by atoms with Crippen molar-refractivity contribution in [2.24, 2.45) is 0 Å². The van der Waals surface area contributed by atoms with E-state index >= 15 is 0 Å². The Hall–Kier alpha value is -2.64. The summed E-state index contributed by atoms with van der Waals surface area (Å²) in [5.41, 5.74) is 2.60. The third-order valence-corrected chi connectivity index (χ3v) is 5.41. The van der Waals surface area contributed by atoms with E-state index in [4.69, 9.17) is 0 Å². The lowest BCUT2D eigenvalue weighted by Crippen LogP contribution is -1.82. The number of hydrogen-bond acceptors (Lipinski definition) is 1. The highest BCUT2D eigenvalue weighted by Gasteiger charge is 2.06. The molecule has 0 spiro atoms. The molecule has 0 radical (unpaired) electrons. The monoisotopic (exact) mass is 310 g/mol. The second kappa shape index (κ2) is 4.94. The Morgan fingerprint density at radius 1 is 0.565 bits per heavy atom. The Bertz CT molecular complexity index is 1160. The number of fused-ring (bicyclic) bond motifs is 3. The number of benzene rings is 4. The van der Waals surface area contributed by atoms with E-state index in [1.165, 1.54) is 42.8 Å². The molecule has 0 bridgehead atoms. The van der Waals surface area contributed by atoms with Gasteiger partial charge >= 0.3 is 0 Å². The van der Waals surface area contributed by atoms with Crippen molar-refractivity contribution in [3.63, 3.8) is 0 Å². The van der Waals surface area contributed by atoms with Crippen molar-refractivity contribution in [3.8, 4) is 11.1 Å². The summed E-state index contributed by atoms with van der Waals surface area (Å²) in [4.78, 5) is 0. The van der Waals surface area contributed by atoms with Crippen LogP contribution in [0.4, 0.5) is 0 Å². The smallest absolute Gasteiger partial charge is 0.0343 e. The van der Waals surface area contributed by atoms with Gasteiger partial charge in [0.2, 0.25) is 0 Å². The van der Waals surface area contributed by atoms with Crippen LogP contribution in [0.15, 0.2) is 84.2 Å². The lowest BCUT2D eigenvalue weighted by Gasteiger charge is -2.09. The summed E-state index contributed by atoms with van der Waals surface area (Å²) in [6, 6.07) is 28.7. The van der Waals surface area contributed by atoms with Crippen molar-refractivity contribution in [1.29, 1.82) is 0 Å². The van der Waals surface area contributed by atoms with Gasteiger partial charge in [0, 0.05) is 4.70 Å². The minimum atomic E-state index is 1.29. The zero-order valence-electron chi connectivity index (χ0n) is 12.5. The van der Waals surface area contributed by atoms with E-state index < -0.39 is 0 Å². The maximum atomic E-state index is 2.32. The molecule has 5 aromatic rings. The molecular formula is C22H14S. The number of rotatable bonds is 1. The van der Waals surface area contributed by atoms with Crippen molar-refractivity contribution >= 4 is 43.0 Å². The highest BCUT2D eigenvalue weighted by molar-refractivity contribution is 7.17. The van der Waals surface area contributed by atoms with Crippen LogP contribution in [0.2, 0.25) is 0 Å². The molecule has 0 nitrogen and oxygen atoms in total. The average Bonchev–Trinajstić information content (AvgIpc) is 3.07. The third kappa shape index (κ3) is 2.05. The minimum Gasteiger partial charge on any atom is -0.144 e. The molecule has 0 fully saturated rings. The molecule has 1 aromatic heterocycles. The van der Waals surface area contributed by atoms with Gasteiger partial charge in [-0.05, 0) is 73.8 Å². The van der Waals surface area contributed by atoms with E-state index in [0.29, 0.717) is 0 Å². The Labute approximate surface area is 138 Å². The predicted molar refractivity (Wildman–Crippen MR) is 102 cm³/mol. The Kier molecular flexibility index (Phi) is 2.76. The first-order valence-electron chi connectivity index (χ1n) is 7.78. The zero-order chi connectivity index (χ0) is 15.2. The van der Waals surface area contributed by atoms with E-state index in [2.05, 4.69) is 84.2 Å². The van der Waals surface area contributed by atoms with Gasteiger partial charge in [-0.25, -0.2) is 0 Å². The normalized spacial score (nSPS) is 11.5. The molecule has 23 heavy (non-hydrogen) atoms. The lowest BCUT2D eigenvalue weighted by atomic mass is 9.95. The van der Waals surface area contributed by atoms with Crippen LogP contribution < -0.4 is 0 Å². The average molecular weight is 310 g/mol. The highest BCUT2D eigenvalue weighted by atomic mass is 32.1. The van der Waals surface area contributed by atoms with Gasteiger partial charge in [0.15, 0.2) is 0 Å². The van der Waals surface area contributed by atoms with E-state index in [1.807, 2.05) is 0 Å². The van der Waals surface area contributed by atoms with Gasteiger partial charge in [0.1, 0.15) is 0 Å². The Morgan fingerprint density at radius 3 is 2.30 bits per heavy atom. The van der Waals surface area contributed by atoms with Crippen molar-refractivity contribution in [3.05, 3.63) is 84.2 Å². The summed E-state index contributed by atoms with van der Waals surface area (Å²) in [6.07, 6.45) is 0. The number of hydrogen-bond donors (Lipinski definition) is 0. The molecule has 1 heterocycles. The molecule has 4 aromatic carbocycles. The zero-order valence-corrected chi connectivity index (χ0v) is 13.3. The van der Waals surface area contributed by atoms with Gasteiger partial charge in [-0.2, -0.15) is 0 Å². The van der Waals surface area contributed by atoms with Crippen molar-refractivity contribution < 1.29 is 0 Å². The first-order chi connectivity index (χ1) is 11.4. The molecule has 0 saturated carbocycles. The summed E-state index contributed by atoms with van der Waals surface area (Å²) < 4.78 is 1.35. The largest absolute Gasteiger partial charge is 0.144 e. The molecule has 0 amide bonds. The van der Waals surface area contributed by atoms with E-state index in [-0.39, 0.29) is 0 Å². The summed E-state index contributed by atoms with van der Waals surface area (Å²) in [6.45, 7) is 0. The molecule has 0 saturated heterocycles. The molecule has 1 heteroatoms. The van der Waals surface area contributed by atoms with Gasteiger partial charge in [0.25, 0.3) is 0 Å². The lowest BCUT2D eigenvalue weighted by molar-refractivity contribution is 1.71.